The molecule has 0 aromatic heterocycles. The van der Waals surface area contributed by atoms with E-state index in [0.29, 0.717) is 49.2 Å². The predicted octanol–water partition coefficient (Wildman–Crippen LogP) is 2.68. The highest BCUT2D eigenvalue weighted by molar-refractivity contribution is 6.06. The fourth-order valence-corrected chi connectivity index (χ4v) is 3.59. The van der Waals surface area contributed by atoms with Gasteiger partial charge < -0.3 is 25.8 Å². The number of carbonyl (C=O) groups is 2. The summed E-state index contributed by atoms with van der Waals surface area (Å²) in [6, 6.07) is 12.9. The van der Waals surface area contributed by atoms with E-state index >= 15 is 0 Å². The van der Waals surface area contributed by atoms with Crippen molar-refractivity contribution in [2.45, 2.75) is 18.4 Å². The van der Waals surface area contributed by atoms with Crippen LogP contribution >= 0.6 is 0 Å². The smallest absolute Gasteiger partial charge is 0.409 e. The van der Waals surface area contributed by atoms with Crippen LogP contribution in [-0.4, -0.2) is 49.5 Å². The summed E-state index contributed by atoms with van der Waals surface area (Å²) in [5, 5.41) is 14.4. The van der Waals surface area contributed by atoms with Gasteiger partial charge >= 0.3 is 6.09 Å². The molecule has 29 heavy (non-hydrogen) atoms. The molecule has 2 amide bonds. The number of nitrogens with zero attached hydrogens (tertiary/aromatic N) is 1. The van der Waals surface area contributed by atoms with Gasteiger partial charge in [-0.1, -0.05) is 12.1 Å². The summed E-state index contributed by atoms with van der Waals surface area (Å²) < 4.78 is 5.35. The van der Waals surface area contributed by atoms with Crippen LogP contribution in [0.5, 0.6) is 0 Å². The van der Waals surface area contributed by atoms with Crippen molar-refractivity contribution in [3.8, 4) is 0 Å². The molecule has 2 aromatic carbocycles. The largest absolute Gasteiger partial charge is 0.465 e. The van der Waals surface area contributed by atoms with Gasteiger partial charge in [0.25, 0.3) is 5.91 Å². The Hall–Kier alpha value is -3.10. The molecule has 2 atom stereocenters. The number of nitrogens with one attached hydrogen (secondary N) is 2. The van der Waals surface area contributed by atoms with E-state index in [2.05, 4.69) is 10.6 Å². The fraction of sp³-hybridized carbons (Fsp3) is 0.333. The number of carbonyl (C=O) groups excluding carboxylic acids is 1. The lowest BCUT2D eigenvalue weighted by atomic mass is 10.1. The Labute approximate surface area is 168 Å². The minimum Gasteiger partial charge on any atom is -0.465 e. The van der Waals surface area contributed by atoms with Crippen LogP contribution in [0.1, 0.15) is 28.3 Å². The Bertz CT molecular complexity index is 909. The lowest BCUT2D eigenvalue weighted by molar-refractivity contribution is 0.102. The maximum atomic E-state index is 12.7. The number of carboxylic acid groups (broad SMARTS) is 1. The average molecular weight is 396 g/mol. The summed E-state index contributed by atoms with van der Waals surface area (Å²) in [6.07, 6.45) is -0.175. The molecule has 1 saturated carbocycles. The van der Waals surface area contributed by atoms with E-state index in [0.717, 1.165) is 12.1 Å². The molecule has 2 aromatic rings. The van der Waals surface area contributed by atoms with Gasteiger partial charge in [0.05, 0.1) is 24.6 Å². The number of nitrogens with two attached hydrogens (primary N) is 1. The second-order valence-corrected chi connectivity index (χ2v) is 7.34. The van der Waals surface area contributed by atoms with Crippen molar-refractivity contribution in [3.63, 3.8) is 0 Å². The zero-order chi connectivity index (χ0) is 20.4. The third-order valence-corrected chi connectivity index (χ3v) is 5.29. The number of anilines is 3. The molecule has 1 aliphatic heterocycles. The molecule has 0 bridgehead atoms. The van der Waals surface area contributed by atoms with Crippen LogP contribution in [0.25, 0.3) is 0 Å². The Kier molecular flexibility index (Phi) is 5.37. The van der Waals surface area contributed by atoms with Crippen molar-refractivity contribution >= 4 is 29.1 Å². The van der Waals surface area contributed by atoms with Gasteiger partial charge in [-0.25, -0.2) is 4.79 Å². The van der Waals surface area contributed by atoms with Crippen LogP contribution in [0, 0.1) is 0 Å². The summed E-state index contributed by atoms with van der Waals surface area (Å²) in [6.45, 7) is 2.49. The number of amides is 2. The summed E-state index contributed by atoms with van der Waals surface area (Å²) in [5.41, 5.74) is 9.23. The zero-order valence-electron chi connectivity index (χ0n) is 15.9. The van der Waals surface area contributed by atoms with Crippen molar-refractivity contribution in [1.82, 2.24) is 0 Å². The molecule has 0 unspecified atom stereocenters. The first-order chi connectivity index (χ1) is 14.0. The van der Waals surface area contributed by atoms with Gasteiger partial charge in [-0.2, -0.15) is 0 Å². The Balaban J connectivity index is 1.50. The average Bonchev–Trinajstić information content (AvgIpc) is 3.45. The van der Waals surface area contributed by atoms with Gasteiger partial charge in [0.15, 0.2) is 0 Å². The van der Waals surface area contributed by atoms with E-state index in [1.165, 1.54) is 5.56 Å². The van der Waals surface area contributed by atoms with E-state index in [9.17, 15) is 14.7 Å². The molecule has 8 heteroatoms. The van der Waals surface area contributed by atoms with Gasteiger partial charge in [0, 0.05) is 36.3 Å². The van der Waals surface area contributed by atoms with Crippen LogP contribution < -0.4 is 21.3 Å². The van der Waals surface area contributed by atoms with E-state index in [1.807, 2.05) is 29.2 Å². The molecule has 0 radical (unpaired) electrons. The lowest BCUT2D eigenvalue weighted by Gasteiger charge is -2.30. The molecule has 1 saturated heterocycles. The maximum absolute atomic E-state index is 12.7. The van der Waals surface area contributed by atoms with Crippen LogP contribution in [-0.2, 0) is 4.74 Å². The minimum absolute atomic E-state index is 0.237. The second kappa shape index (κ2) is 8.10. The van der Waals surface area contributed by atoms with Crippen molar-refractivity contribution in [1.29, 1.82) is 0 Å². The normalized spacial score (nSPS) is 20.8. The van der Waals surface area contributed by atoms with Gasteiger partial charge in [0.1, 0.15) is 0 Å². The van der Waals surface area contributed by atoms with Gasteiger partial charge in [-0.05, 0) is 42.3 Å². The lowest BCUT2D eigenvalue weighted by Crippen LogP contribution is -2.36. The van der Waals surface area contributed by atoms with Gasteiger partial charge in [0.2, 0.25) is 0 Å². The molecule has 1 heterocycles. The number of benzene rings is 2. The van der Waals surface area contributed by atoms with Gasteiger partial charge in [-0.15, -0.1) is 0 Å². The van der Waals surface area contributed by atoms with E-state index < -0.39 is 6.09 Å². The standard InChI is InChI=1S/C21H24N4O4/c22-17-12-16(17)13-1-4-15(5-2-13)23-20(26)14-3-6-19(18(11-14)24-21(27)28)25-7-9-29-10-8-25/h1-6,11,16-17,24H,7-10,12,22H2,(H,23,26)(H,27,28)/t16-,17+/m0/s1. The Morgan fingerprint density at radius 2 is 1.76 bits per heavy atom. The van der Waals surface area contributed by atoms with Crippen molar-refractivity contribution in [3.05, 3.63) is 53.6 Å². The first-order valence-corrected chi connectivity index (χ1v) is 9.65. The zero-order valence-corrected chi connectivity index (χ0v) is 15.9. The summed E-state index contributed by atoms with van der Waals surface area (Å²) in [4.78, 5) is 25.9. The number of hydrogen-bond acceptors (Lipinski definition) is 5. The molecule has 1 aliphatic carbocycles. The molecule has 5 N–H and O–H groups in total. The number of morpholine rings is 1. The molecule has 8 nitrogen and oxygen atoms in total. The highest BCUT2D eigenvalue weighted by Gasteiger charge is 2.34. The predicted molar refractivity (Wildman–Crippen MR) is 111 cm³/mol. The fourth-order valence-electron chi connectivity index (χ4n) is 3.59. The number of rotatable bonds is 5. The molecule has 2 aliphatic rings. The van der Waals surface area contributed by atoms with Crippen molar-refractivity contribution in [2.75, 3.05) is 41.8 Å². The third kappa shape index (κ3) is 4.49. The molecule has 4 rings (SSSR count). The molecule has 0 spiro atoms. The highest BCUT2D eigenvalue weighted by atomic mass is 16.5. The van der Waals surface area contributed by atoms with Crippen molar-refractivity contribution in [2.24, 2.45) is 5.73 Å². The Morgan fingerprint density at radius 3 is 2.38 bits per heavy atom. The number of ether oxygens (including phenoxy) is 1. The van der Waals surface area contributed by atoms with E-state index in [4.69, 9.17) is 10.5 Å². The second-order valence-electron chi connectivity index (χ2n) is 7.34. The number of hydrogen-bond donors (Lipinski definition) is 4. The van der Waals surface area contributed by atoms with E-state index in [1.54, 1.807) is 18.2 Å². The topological polar surface area (TPSA) is 117 Å². The monoisotopic (exact) mass is 396 g/mol. The summed E-state index contributed by atoms with van der Waals surface area (Å²) in [7, 11) is 0. The van der Waals surface area contributed by atoms with E-state index in [-0.39, 0.29) is 11.9 Å². The van der Waals surface area contributed by atoms with Crippen LogP contribution in [0.4, 0.5) is 21.9 Å². The summed E-state index contributed by atoms with van der Waals surface area (Å²) in [5.74, 6) is 0.111. The van der Waals surface area contributed by atoms with Gasteiger partial charge in [-0.3, -0.25) is 10.1 Å². The van der Waals surface area contributed by atoms with Crippen LogP contribution in [0.15, 0.2) is 42.5 Å². The van der Waals surface area contributed by atoms with Crippen LogP contribution in [0.2, 0.25) is 0 Å². The first-order valence-electron chi connectivity index (χ1n) is 9.65. The quantitative estimate of drug-likeness (QED) is 0.617. The molecular formula is C21H24N4O4. The van der Waals surface area contributed by atoms with Crippen molar-refractivity contribution < 1.29 is 19.4 Å². The molecule has 152 valence electrons. The first kappa shape index (κ1) is 19.2. The summed E-state index contributed by atoms with van der Waals surface area (Å²) >= 11 is 0. The Morgan fingerprint density at radius 1 is 1.07 bits per heavy atom. The SMILES string of the molecule is N[C@@H]1C[C@H]1c1ccc(NC(=O)c2ccc(N3CCOCC3)c(NC(=O)O)c2)cc1. The molecule has 2 fully saturated rings. The highest BCUT2D eigenvalue weighted by Crippen LogP contribution is 2.39. The third-order valence-electron chi connectivity index (χ3n) is 5.29. The van der Waals surface area contributed by atoms with Crippen LogP contribution in [0.3, 0.4) is 0 Å². The maximum Gasteiger partial charge on any atom is 0.409 e. The minimum atomic E-state index is -1.18. The molecular weight excluding hydrogens is 372 g/mol.